The van der Waals surface area contributed by atoms with Gasteiger partial charge in [-0.1, -0.05) is 6.07 Å². The van der Waals surface area contributed by atoms with E-state index < -0.39 is 17.9 Å². The number of methoxy groups -OCH3 is 2. The summed E-state index contributed by atoms with van der Waals surface area (Å²) in [5.41, 5.74) is 0.296. The summed E-state index contributed by atoms with van der Waals surface area (Å²) in [5.74, 6) is 1.28. The van der Waals surface area contributed by atoms with Gasteiger partial charge < -0.3 is 24.8 Å². The number of nitrogens with one attached hydrogen (secondary N) is 2. The van der Waals surface area contributed by atoms with Gasteiger partial charge in [0.1, 0.15) is 11.5 Å². The molecule has 0 spiro atoms. The first-order valence-electron chi connectivity index (χ1n) is 11.4. The van der Waals surface area contributed by atoms with Crippen molar-refractivity contribution in [3.63, 3.8) is 0 Å². The fourth-order valence-electron chi connectivity index (χ4n) is 3.74. The lowest BCUT2D eigenvalue weighted by atomic mass is 10.1. The number of hydrogen-bond donors (Lipinski definition) is 2. The second kappa shape index (κ2) is 13.5. The van der Waals surface area contributed by atoms with Crippen molar-refractivity contribution in [2.75, 3.05) is 65.1 Å². The normalized spacial score (nSPS) is 14.2. The number of hydrogen-bond acceptors (Lipinski definition) is 8. The lowest BCUT2D eigenvalue weighted by molar-refractivity contribution is -0.128. The SMILES string of the molecule is C#CC(=O)N(c1ccc(OC)cc1OC)C(C(=O)NCC(=O)NCCN1CCOCC1)c1cccs1. The van der Waals surface area contributed by atoms with Crippen molar-refractivity contribution in [2.24, 2.45) is 0 Å². The van der Waals surface area contributed by atoms with Crippen LogP contribution in [0.25, 0.3) is 0 Å². The number of ether oxygens (including phenoxy) is 3. The van der Waals surface area contributed by atoms with E-state index in [0.717, 1.165) is 13.1 Å². The molecule has 1 saturated heterocycles. The second-order valence-corrected chi connectivity index (χ2v) is 8.78. The molecule has 0 radical (unpaired) electrons. The van der Waals surface area contributed by atoms with E-state index in [4.69, 9.17) is 20.6 Å². The van der Waals surface area contributed by atoms with Crippen LogP contribution in [0, 0.1) is 12.3 Å². The van der Waals surface area contributed by atoms with Gasteiger partial charge in [0.15, 0.2) is 6.04 Å². The standard InChI is InChI=1S/C25H30N4O6S/c1-4-23(31)29(19-8-7-18(33-2)16-20(19)34-3)24(21-6-5-15-36-21)25(32)27-17-22(30)26-9-10-28-11-13-35-14-12-28/h1,5-8,15-16,24H,9-14,17H2,2-3H3,(H,26,30)(H,27,32). The number of benzene rings is 1. The Morgan fingerprint density at radius 1 is 1.19 bits per heavy atom. The largest absolute Gasteiger partial charge is 0.497 e. The molecule has 0 aliphatic carbocycles. The second-order valence-electron chi connectivity index (χ2n) is 7.80. The third-order valence-electron chi connectivity index (χ3n) is 5.59. The van der Waals surface area contributed by atoms with Crippen LogP contribution >= 0.6 is 11.3 Å². The molecule has 1 aliphatic heterocycles. The van der Waals surface area contributed by atoms with Crippen molar-refractivity contribution >= 4 is 34.7 Å². The Kier molecular flexibility index (Phi) is 10.1. The van der Waals surface area contributed by atoms with Gasteiger partial charge in [0, 0.05) is 37.1 Å². The molecule has 1 aliphatic rings. The van der Waals surface area contributed by atoms with E-state index in [1.807, 2.05) is 0 Å². The van der Waals surface area contributed by atoms with Crippen LogP contribution in [-0.4, -0.2) is 82.8 Å². The highest BCUT2D eigenvalue weighted by molar-refractivity contribution is 7.10. The van der Waals surface area contributed by atoms with E-state index in [0.29, 0.717) is 48.4 Å². The number of carbonyl (C=O) groups excluding carboxylic acids is 3. The highest BCUT2D eigenvalue weighted by Gasteiger charge is 2.35. The molecule has 0 bridgehead atoms. The van der Waals surface area contributed by atoms with Crippen LogP contribution in [0.2, 0.25) is 0 Å². The van der Waals surface area contributed by atoms with Crippen molar-refractivity contribution in [3.05, 3.63) is 40.6 Å². The van der Waals surface area contributed by atoms with Crippen molar-refractivity contribution in [3.8, 4) is 23.8 Å². The summed E-state index contributed by atoms with van der Waals surface area (Å²) in [5, 5.41) is 7.24. The molecule has 1 fully saturated rings. The first-order chi connectivity index (χ1) is 17.5. The van der Waals surface area contributed by atoms with Gasteiger partial charge in [-0.15, -0.1) is 17.8 Å². The maximum Gasteiger partial charge on any atom is 0.303 e. The first kappa shape index (κ1) is 27.0. The molecule has 2 N–H and O–H groups in total. The fourth-order valence-corrected chi connectivity index (χ4v) is 4.56. The quantitative estimate of drug-likeness (QED) is 0.431. The lowest BCUT2D eigenvalue weighted by Crippen LogP contribution is -2.47. The van der Waals surface area contributed by atoms with Crippen LogP contribution in [0.5, 0.6) is 11.5 Å². The molecule has 3 amide bonds. The number of terminal acetylenes is 1. The molecular formula is C25H30N4O6S. The zero-order valence-electron chi connectivity index (χ0n) is 20.3. The third kappa shape index (κ3) is 6.97. The molecule has 2 aromatic rings. The van der Waals surface area contributed by atoms with Gasteiger partial charge in [-0.05, 0) is 29.5 Å². The third-order valence-corrected chi connectivity index (χ3v) is 6.51. The van der Waals surface area contributed by atoms with Crippen molar-refractivity contribution < 1.29 is 28.6 Å². The monoisotopic (exact) mass is 514 g/mol. The van der Waals surface area contributed by atoms with Crippen LogP contribution in [0.3, 0.4) is 0 Å². The average molecular weight is 515 g/mol. The molecule has 10 nitrogen and oxygen atoms in total. The Bertz CT molecular complexity index is 1080. The number of thiophene rings is 1. The van der Waals surface area contributed by atoms with E-state index >= 15 is 0 Å². The fraction of sp³-hybridized carbons (Fsp3) is 0.400. The summed E-state index contributed by atoms with van der Waals surface area (Å²) >= 11 is 1.29. The minimum Gasteiger partial charge on any atom is -0.497 e. The summed E-state index contributed by atoms with van der Waals surface area (Å²) in [6.45, 7) is 3.91. The first-order valence-corrected chi connectivity index (χ1v) is 12.3. The molecule has 192 valence electrons. The van der Waals surface area contributed by atoms with Gasteiger partial charge in [-0.25, -0.2) is 0 Å². The van der Waals surface area contributed by atoms with E-state index in [1.54, 1.807) is 35.7 Å². The lowest BCUT2D eigenvalue weighted by Gasteiger charge is -2.30. The minimum absolute atomic E-state index is 0.248. The molecular weight excluding hydrogens is 484 g/mol. The summed E-state index contributed by atoms with van der Waals surface area (Å²) in [4.78, 5) is 42.7. The Morgan fingerprint density at radius 3 is 2.61 bits per heavy atom. The minimum atomic E-state index is -1.11. The highest BCUT2D eigenvalue weighted by Crippen LogP contribution is 2.38. The zero-order valence-corrected chi connectivity index (χ0v) is 21.1. The number of morpholine rings is 1. The summed E-state index contributed by atoms with van der Waals surface area (Å²) < 4.78 is 16.0. The highest BCUT2D eigenvalue weighted by atomic mass is 32.1. The number of rotatable bonds is 11. The molecule has 0 saturated carbocycles. The molecule has 1 aromatic carbocycles. The van der Waals surface area contributed by atoms with Gasteiger partial charge in [0.2, 0.25) is 11.8 Å². The number of carbonyl (C=O) groups is 3. The summed E-state index contributed by atoms with van der Waals surface area (Å²) in [7, 11) is 2.95. The van der Waals surface area contributed by atoms with Crippen LogP contribution in [0.4, 0.5) is 5.69 Å². The maximum absolute atomic E-state index is 13.4. The van der Waals surface area contributed by atoms with Gasteiger partial charge in [0.05, 0.1) is 39.7 Å². The maximum atomic E-state index is 13.4. The number of anilines is 1. The Hall–Kier alpha value is -3.59. The topological polar surface area (TPSA) is 109 Å². The molecule has 1 atom stereocenters. The van der Waals surface area contributed by atoms with Crippen molar-refractivity contribution in [1.29, 1.82) is 0 Å². The van der Waals surface area contributed by atoms with Crippen LogP contribution in [0.1, 0.15) is 10.9 Å². The Morgan fingerprint density at radius 2 is 1.97 bits per heavy atom. The number of amides is 3. The van der Waals surface area contributed by atoms with E-state index in [9.17, 15) is 14.4 Å². The van der Waals surface area contributed by atoms with E-state index in [-0.39, 0.29) is 12.5 Å². The van der Waals surface area contributed by atoms with Gasteiger partial charge >= 0.3 is 5.91 Å². The Balaban J connectivity index is 1.75. The van der Waals surface area contributed by atoms with Gasteiger partial charge in [-0.2, -0.15) is 0 Å². The predicted octanol–water partition coefficient (Wildman–Crippen LogP) is 1.04. The predicted molar refractivity (Wildman–Crippen MR) is 136 cm³/mol. The molecule has 3 rings (SSSR count). The molecule has 1 aromatic heterocycles. The molecule has 1 unspecified atom stereocenters. The van der Waals surface area contributed by atoms with Crippen molar-refractivity contribution in [2.45, 2.75) is 6.04 Å². The molecule has 11 heteroatoms. The van der Waals surface area contributed by atoms with E-state index in [1.165, 1.54) is 30.5 Å². The Labute approximate surface area is 214 Å². The smallest absolute Gasteiger partial charge is 0.303 e. The van der Waals surface area contributed by atoms with E-state index in [2.05, 4.69) is 21.5 Å². The summed E-state index contributed by atoms with van der Waals surface area (Å²) in [6.07, 6.45) is 5.48. The summed E-state index contributed by atoms with van der Waals surface area (Å²) in [6, 6.07) is 7.21. The van der Waals surface area contributed by atoms with Crippen LogP contribution < -0.4 is 25.0 Å². The van der Waals surface area contributed by atoms with Gasteiger partial charge in [-0.3, -0.25) is 24.2 Å². The van der Waals surface area contributed by atoms with Gasteiger partial charge in [0.25, 0.3) is 0 Å². The van der Waals surface area contributed by atoms with Crippen LogP contribution in [-0.2, 0) is 19.1 Å². The van der Waals surface area contributed by atoms with Crippen LogP contribution in [0.15, 0.2) is 35.7 Å². The molecule has 2 heterocycles. The average Bonchev–Trinajstić information content (AvgIpc) is 3.44. The van der Waals surface area contributed by atoms with Crippen molar-refractivity contribution in [1.82, 2.24) is 15.5 Å². The zero-order chi connectivity index (χ0) is 25.9. The number of nitrogens with zero attached hydrogens (tertiary/aromatic N) is 2. The molecule has 36 heavy (non-hydrogen) atoms.